The maximum Gasteiger partial charge on any atom is 0.253 e. The number of thiocarbonyl (C=S) groups is 1. The number of hydrogen-bond donors (Lipinski definition) is 2. The summed E-state index contributed by atoms with van der Waals surface area (Å²) in [4.78, 5) is 16.0. The molecule has 1 amide bonds. The second-order valence-electron chi connectivity index (χ2n) is 7.06. The van der Waals surface area contributed by atoms with Crippen LogP contribution < -0.4 is 10.6 Å². The molecule has 5 nitrogen and oxygen atoms in total. The molecule has 1 heterocycles. The van der Waals surface area contributed by atoms with Crippen LogP contribution in [-0.4, -0.2) is 61.1 Å². The number of benzene rings is 1. The highest BCUT2D eigenvalue weighted by molar-refractivity contribution is 7.80. The number of nitrogens with zero attached hydrogens (tertiary/aromatic N) is 2. The molecule has 1 atom stereocenters. The van der Waals surface area contributed by atoms with Crippen molar-refractivity contribution in [3.63, 3.8) is 0 Å². The summed E-state index contributed by atoms with van der Waals surface area (Å²) in [5.41, 5.74) is 1.56. The SMILES string of the molecule is C[C@H]1CCCN(CCCNC(=S)Nc2ccc(C(=O)N(C)C)cc2)C1. The molecule has 1 saturated heterocycles. The lowest BCUT2D eigenvalue weighted by atomic mass is 10.0. The Balaban J connectivity index is 1.67. The van der Waals surface area contributed by atoms with Crippen LogP contribution in [0.2, 0.25) is 0 Å². The van der Waals surface area contributed by atoms with Crippen LogP contribution in [0.25, 0.3) is 0 Å². The highest BCUT2D eigenvalue weighted by Gasteiger charge is 2.15. The van der Waals surface area contributed by atoms with Crippen LogP contribution in [0, 0.1) is 5.92 Å². The van der Waals surface area contributed by atoms with E-state index in [9.17, 15) is 4.79 Å². The minimum Gasteiger partial charge on any atom is -0.362 e. The Morgan fingerprint density at radius 2 is 2.04 bits per heavy atom. The van der Waals surface area contributed by atoms with Gasteiger partial charge in [-0.1, -0.05) is 6.92 Å². The second kappa shape index (κ2) is 9.73. The lowest BCUT2D eigenvalue weighted by molar-refractivity contribution is 0.0827. The van der Waals surface area contributed by atoms with Crippen molar-refractivity contribution in [2.24, 2.45) is 5.92 Å². The van der Waals surface area contributed by atoms with Gasteiger partial charge in [0, 0.05) is 38.4 Å². The van der Waals surface area contributed by atoms with Gasteiger partial charge in [0.15, 0.2) is 5.11 Å². The molecular formula is C19H30N4OS. The molecule has 6 heteroatoms. The van der Waals surface area contributed by atoms with E-state index in [1.165, 1.54) is 25.9 Å². The molecule has 0 aliphatic carbocycles. The van der Waals surface area contributed by atoms with E-state index in [-0.39, 0.29) is 5.91 Å². The minimum atomic E-state index is -0.000664. The average Bonchev–Trinajstić information content (AvgIpc) is 2.59. The molecule has 25 heavy (non-hydrogen) atoms. The Morgan fingerprint density at radius 1 is 1.32 bits per heavy atom. The fourth-order valence-corrected chi connectivity index (χ4v) is 3.34. The fourth-order valence-electron chi connectivity index (χ4n) is 3.12. The number of anilines is 1. The van der Waals surface area contributed by atoms with Crippen molar-refractivity contribution in [3.05, 3.63) is 29.8 Å². The summed E-state index contributed by atoms with van der Waals surface area (Å²) < 4.78 is 0. The molecule has 138 valence electrons. The van der Waals surface area contributed by atoms with Gasteiger partial charge >= 0.3 is 0 Å². The molecule has 1 aliphatic heterocycles. The molecule has 1 aromatic rings. The molecule has 0 aromatic heterocycles. The van der Waals surface area contributed by atoms with Gasteiger partial charge in [-0.3, -0.25) is 4.79 Å². The van der Waals surface area contributed by atoms with Crippen LogP contribution >= 0.6 is 12.2 Å². The number of rotatable bonds is 6. The van der Waals surface area contributed by atoms with Gasteiger partial charge in [0.25, 0.3) is 5.91 Å². The first-order valence-electron chi connectivity index (χ1n) is 9.04. The van der Waals surface area contributed by atoms with Gasteiger partial charge < -0.3 is 20.4 Å². The Kier molecular flexibility index (Phi) is 7.65. The van der Waals surface area contributed by atoms with E-state index < -0.39 is 0 Å². The van der Waals surface area contributed by atoms with Crippen molar-refractivity contribution in [2.75, 3.05) is 45.6 Å². The number of hydrogen-bond acceptors (Lipinski definition) is 3. The number of carbonyl (C=O) groups is 1. The third-order valence-corrected chi connectivity index (χ3v) is 4.72. The van der Waals surface area contributed by atoms with E-state index >= 15 is 0 Å². The van der Waals surface area contributed by atoms with Crippen LogP contribution in [0.1, 0.15) is 36.5 Å². The van der Waals surface area contributed by atoms with E-state index in [4.69, 9.17) is 12.2 Å². The number of carbonyl (C=O) groups excluding carboxylic acids is 1. The van der Waals surface area contributed by atoms with E-state index in [1.54, 1.807) is 19.0 Å². The molecule has 0 unspecified atom stereocenters. The Morgan fingerprint density at radius 3 is 2.68 bits per heavy atom. The van der Waals surface area contributed by atoms with Crippen LogP contribution in [-0.2, 0) is 0 Å². The van der Waals surface area contributed by atoms with Gasteiger partial charge in [0.2, 0.25) is 0 Å². The van der Waals surface area contributed by atoms with Crippen molar-refractivity contribution in [1.82, 2.24) is 15.1 Å². The lowest BCUT2D eigenvalue weighted by Gasteiger charge is -2.30. The van der Waals surface area contributed by atoms with E-state index in [2.05, 4.69) is 22.5 Å². The topological polar surface area (TPSA) is 47.6 Å². The van der Waals surface area contributed by atoms with E-state index in [0.717, 1.165) is 31.1 Å². The van der Waals surface area contributed by atoms with Crippen molar-refractivity contribution < 1.29 is 4.79 Å². The van der Waals surface area contributed by atoms with Gasteiger partial charge in [0.1, 0.15) is 0 Å². The molecule has 1 aliphatic rings. The standard InChI is InChI=1S/C19H30N4OS/c1-15-6-4-12-23(14-15)13-5-11-20-19(25)21-17-9-7-16(8-10-17)18(24)22(2)3/h7-10,15H,4-6,11-14H2,1-3H3,(H2,20,21,25)/t15-/m0/s1. The molecule has 2 rings (SSSR count). The minimum absolute atomic E-state index is 0.000664. The number of piperidine rings is 1. The Bertz CT molecular complexity index is 573. The van der Waals surface area contributed by atoms with Crippen LogP contribution in [0.5, 0.6) is 0 Å². The maximum absolute atomic E-state index is 11.9. The van der Waals surface area contributed by atoms with Crippen molar-refractivity contribution >= 4 is 28.9 Å². The number of likely N-dealkylation sites (tertiary alicyclic amines) is 1. The first-order chi connectivity index (χ1) is 12.0. The molecule has 2 N–H and O–H groups in total. The first kappa shape index (κ1) is 19.7. The van der Waals surface area contributed by atoms with E-state index in [0.29, 0.717) is 10.7 Å². The normalized spacial score (nSPS) is 17.8. The van der Waals surface area contributed by atoms with Gasteiger partial charge in [-0.2, -0.15) is 0 Å². The van der Waals surface area contributed by atoms with Gasteiger partial charge in [-0.25, -0.2) is 0 Å². The molecular weight excluding hydrogens is 332 g/mol. The zero-order chi connectivity index (χ0) is 18.2. The van der Waals surface area contributed by atoms with Gasteiger partial charge in [-0.05, 0) is 74.8 Å². The van der Waals surface area contributed by atoms with Crippen molar-refractivity contribution in [3.8, 4) is 0 Å². The Hall–Kier alpha value is -1.66. The summed E-state index contributed by atoms with van der Waals surface area (Å²) in [5, 5.41) is 7.04. The van der Waals surface area contributed by atoms with Crippen LogP contribution in [0.3, 0.4) is 0 Å². The monoisotopic (exact) mass is 362 g/mol. The quantitative estimate of drug-likeness (QED) is 0.602. The largest absolute Gasteiger partial charge is 0.362 e. The molecule has 0 spiro atoms. The summed E-state index contributed by atoms with van der Waals surface area (Å²) in [5.74, 6) is 0.825. The third-order valence-electron chi connectivity index (χ3n) is 4.47. The summed E-state index contributed by atoms with van der Waals surface area (Å²) in [6.07, 6.45) is 3.77. The first-order valence-corrected chi connectivity index (χ1v) is 9.45. The highest BCUT2D eigenvalue weighted by Crippen LogP contribution is 2.15. The molecule has 0 radical (unpaired) electrons. The smallest absolute Gasteiger partial charge is 0.253 e. The summed E-state index contributed by atoms with van der Waals surface area (Å²) in [6, 6.07) is 7.37. The molecule has 0 saturated carbocycles. The van der Waals surface area contributed by atoms with Crippen LogP contribution in [0.15, 0.2) is 24.3 Å². The zero-order valence-corrected chi connectivity index (χ0v) is 16.4. The Labute approximate surface area is 156 Å². The van der Waals surface area contributed by atoms with Crippen LogP contribution in [0.4, 0.5) is 5.69 Å². The van der Waals surface area contributed by atoms with Crippen molar-refractivity contribution in [1.29, 1.82) is 0 Å². The maximum atomic E-state index is 11.9. The second-order valence-corrected chi connectivity index (χ2v) is 7.47. The zero-order valence-electron chi connectivity index (χ0n) is 15.5. The lowest BCUT2D eigenvalue weighted by Crippen LogP contribution is -2.37. The number of nitrogens with one attached hydrogen (secondary N) is 2. The van der Waals surface area contributed by atoms with Gasteiger partial charge in [0.05, 0.1) is 0 Å². The summed E-state index contributed by atoms with van der Waals surface area (Å²) >= 11 is 5.34. The van der Waals surface area contributed by atoms with E-state index in [1.807, 2.05) is 24.3 Å². The molecule has 1 fully saturated rings. The summed E-state index contributed by atoms with van der Waals surface area (Å²) in [6.45, 7) is 6.78. The van der Waals surface area contributed by atoms with Gasteiger partial charge in [-0.15, -0.1) is 0 Å². The average molecular weight is 363 g/mol. The predicted octanol–water partition coefficient (Wildman–Crippen LogP) is 2.80. The highest BCUT2D eigenvalue weighted by atomic mass is 32.1. The summed E-state index contributed by atoms with van der Waals surface area (Å²) in [7, 11) is 3.50. The third kappa shape index (κ3) is 6.63. The fraction of sp³-hybridized carbons (Fsp3) is 0.579. The van der Waals surface area contributed by atoms with Crippen molar-refractivity contribution in [2.45, 2.75) is 26.2 Å². The number of amides is 1. The molecule has 1 aromatic carbocycles. The predicted molar refractivity (Wildman–Crippen MR) is 108 cm³/mol. The molecule has 0 bridgehead atoms.